The third-order valence-corrected chi connectivity index (χ3v) is 5.45. The molecule has 0 fully saturated rings. The molecule has 1 aliphatic rings. The Bertz CT molecular complexity index is 787. The molecule has 1 unspecified atom stereocenters. The van der Waals surface area contributed by atoms with Gasteiger partial charge in [0, 0.05) is 23.4 Å². The summed E-state index contributed by atoms with van der Waals surface area (Å²) in [6.45, 7) is 2.89. The lowest BCUT2D eigenvalue weighted by atomic mass is 9.86. The monoisotopic (exact) mass is 367 g/mol. The van der Waals surface area contributed by atoms with Crippen LogP contribution in [0.2, 0.25) is 4.34 Å². The summed E-state index contributed by atoms with van der Waals surface area (Å²) in [5, 5.41) is 0. The van der Waals surface area contributed by atoms with E-state index < -0.39 is 12.3 Å². The van der Waals surface area contributed by atoms with Crippen molar-refractivity contribution in [2.75, 3.05) is 6.54 Å². The fraction of sp³-hybridized carbons (Fsp3) is 0.278. The van der Waals surface area contributed by atoms with Crippen LogP contribution in [-0.2, 0) is 11.3 Å². The van der Waals surface area contributed by atoms with Crippen LogP contribution >= 0.6 is 22.9 Å². The molecule has 3 rings (SSSR count). The molecule has 2 heterocycles. The van der Waals surface area contributed by atoms with E-state index in [-0.39, 0.29) is 5.92 Å². The summed E-state index contributed by atoms with van der Waals surface area (Å²) in [7, 11) is 0. The van der Waals surface area contributed by atoms with Crippen LogP contribution in [0.15, 0.2) is 42.5 Å². The van der Waals surface area contributed by atoms with Crippen molar-refractivity contribution >= 4 is 28.8 Å². The smallest absolute Gasteiger partial charge is 0.257 e. The second kappa shape index (κ2) is 7.03. The Morgan fingerprint density at radius 3 is 2.83 bits per heavy atom. The minimum absolute atomic E-state index is 0.00241. The number of alkyl halides is 2. The number of hydrogen-bond acceptors (Lipinski definition) is 2. The van der Waals surface area contributed by atoms with E-state index in [0.29, 0.717) is 23.5 Å². The second-order valence-corrected chi connectivity index (χ2v) is 7.52. The van der Waals surface area contributed by atoms with Crippen LogP contribution in [0.3, 0.4) is 0 Å². The Balaban J connectivity index is 1.96. The number of nitrogens with zero attached hydrogens (tertiary/aromatic N) is 1. The van der Waals surface area contributed by atoms with Crippen molar-refractivity contribution in [2.45, 2.75) is 25.8 Å². The van der Waals surface area contributed by atoms with E-state index in [4.69, 9.17) is 11.6 Å². The van der Waals surface area contributed by atoms with Crippen LogP contribution in [-0.4, -0.2) is 23.8 Å². The van der Waals surface area contributed by atoms with E-state index >= 15 is 0 Å². The Hall–Kier alpha value is -1.72. The summed E-state index contributed by atoms with van der Waals surface area (Å²) in [5.74, 6) is -0.397. The molecular formula is C18H16ClF2NOS. The van der Waals surface area contributed by atoms with E-state index in [1.807, 2.05) is 37.3 Å². The van der Waals surface area contributed by atoms with Gasteiger partial charge in [-0.2, -0.15) is 0 Å². The standard InChI is InChI=1S/C18H16ClF2NOS/c1-11-4-2-3-5-12(11)14-9-22(18(23)7-6-17(20)21)10-15-13(14)8-16(19)24-15/h2-8,14,17H,9-10H2,1H3/b7-6+. The summed E-state index contributed by atoms with van der Waals surface area (Å²) in [6, 6.07) is 9.96. The molecule has 1 aromatic carbocycles. The highest BCUT2D eigenvalue weighted by Gasteiger charge is 2.31. The number of benzene rings is 1. The molecule has 1 atom stereocenters. The SMILES string of the molecule is Cc1ccccc1C1CN(C(=O)/C=C/C(F)F)Cc2sc(Cl)cc21. The van der Waals surface area contributed by atoms with Gasteiger partial charge in [0.25, 0.3) is 6.43 Å². The Kier molecular flexibility index (Phi) is 5.01. The van der Waals surface area contributed by atoms with Gasteiger partial charge in [0.05, 0.1) is 10.9 Å². The summed E-state index contributed by atoms with van der Waals surface area (Å²) < 4.78 is 25.3. The van der Waals surface area contributed by atoms with E-state index in [1.165, 1.54) is 11.3 Å². The summed E-state index contributed by atoms with van der Waals surface area (Å²) in [5.41, 5.74) is 3.39. The second-order valence-electron chi connectivity index (χ2n) is 5.75. The molecule has 0 saturated carbocycles. The van der Waals surface area contributed by atoms with Gasteiger partial charge in [0.1, 0.15) is 0 Å². The van der Waals surface area contributed by atoms with Crippen molar-refractivity contribution in [2.24, 2.45) is 0 Å². The third kappa shape index (κ3) is 3.52. The summed E-state index contributed by atoms with van der Waals surface area (Å²) >= 11 is 7.61. The lowest BCUT2D eigenvalue weighted by molar-refractivity contribution is -0.127. The Morgan fingerprint density at radius 1 is 1.38 bits per heavy atom. The Morgan fingerprint density at radius 2 is 2.12 bits per heavy atom. The van der Waals surface area contributed by atoms with E-state index in [0.717, 1.165) is 27.6 Å². The maximum Gasteiger partial charge on any atom is 0.257 e. The fourth-order valence-corrected chi connectivity index (χ4v) is 4.41. The first kappa shape index (κ1) is 17.1. The van der Waals surface area contributed by atoms with Gasteiger partial charge >= 0.3 is 0 Å². The quantitative estimate of drug-likeness (QED) is 0.699. The number of aryl methyl sites for hydroxylation is 1. The lowest BCUT2D eigenvalue weighted by Crippen LogP contribution is -2.37. The van der Waals surface area contributed by atoms with Gasteiger partial charge in [-0.3, -0.25) is 4.79 Å². The number of hydrogen-bond donors (Lipinski definition) is 0. The molecule has 0 radical (unpaired) electrons. The zero-order valence-electron chi connectivity index (χ0n) is 13.0. The number of amides is 1. The maximum absolute atomic E-state index is 12.3. The number of fused-ring (bicyclic) bond motifs is 1. The molecule has 0 bridgehead atoms. The van der Waals surface area contributed by atoms with Crippen LogP contribution in [0, 0.1) is 6.92 Å². The van der Waals surface area contributed by atoms with E-state index in [9.17, 15) is 13.6 Å². The molecule has 1 aliphatic heterocycles. The van der Waals surface area contributed by atoms with Gasteiger partial charge in [-0.25, -0.2) is 8.78 Å². The molecule has 0 spiro atoms. The average Bonchev–Trinajstić information content (AvgIpc) is 2.92. The summed E-state index contributed by atoms with van der Waals surface area (Å²) in [6.07, 6.45) is -1.04. The molecule has 6 heteroatoms. The van der Waals surface area contributed by atoms with E-state index in [2.05, 4.69) is 0 Å². The number of thiophene rings is 1. The van der Waals surface area contributed by atoms with Crippen LogP contribution in [0.5, 0.6) is 0 Å². The Labute approximate surface area is 148 Å². The molecule has 24 heavy (non-hydrogen) atoms. The van der Waals surface area contributed by atoms with Gasteiger partial charge in [-0.1, -0.05) is 35.9 Å². The van der Waals surface area contributed by atoms with Crippen LogP contribution in [0.4, 0.5) is 8.78 Å². The van der Waals surface area contributed by atoms with Gasteiger partial charge < -0.3 is 4.90 Å². The molecule has 2 aromatic rings. The highest BCUT2D eigenvalue weighted by atomic mass is 35.5. The van der Waals surface area contributed by atoms with Crippen LogP contribution in [0.1, 0.15) is 27.5 Å². The normalized spacial score (nSPS) is 17.5. The first-order chi connectivity index (χ1) is 11.5. The number of allylic oxidation sites excluding steroid dienone is 1. The zero-order valence-corrected chi connectivity index (χ0v) is 14.6. The molecule has 2 nitrogen and oxygen atoms in total. The predicted octanol–water partition coefficient (Wildman–Crippen LogP) is 5.01. The molecular weight excluding hydrogens is 352 g/mol. The van der Waals surface area contributed by atoms with Crippen molar-refractivity contribution in [1.29, 1.82) is 0 Å². The van der Waals surface area contributed by atoms with Crippen molar-refractivity contribution in [1.82, 2.24) is 4.90 Å². The van der Waals surface area contributed by atoms with Gasteiger partial charge in [0.2, 0.25) is 5.91 Å². The molecule has 1 amide bonds. The minimum Gasteiger partial charge on any atom is -0.333 e. The summed E-state index contributed by atoms with van der Waals surface area (Å²) in [4.78, 5) is 14.9. The highest BCUT2D eigenvalue weighted by Crippen LogP contribution is 2.40. The third-order valence-electron chi connectivity index (χ3n) is 4.18. The van der Waals surface area contributed by atoms with Crippen molar-refractivity contribution < 1.29 is 13.6 Å². The average molecular weight is 368 g/mol. The molecule has 0 aliphatic carbocycles. The van der Waals surface area contributed by atoms with Crippen molar-refractivity contribution in [3.8, 4) is 0 Å². The lowest BCUT2D eigenvalue weighted by Gasteiger charge is -2.33. The molecule has 0 N–H and O–H groups in total. The van der Waals surface area contributed by atoms with Crippen LogP contribution < -0.4 is 0 Å². The number of rotatable bonds is 3. The number of carbonyl (C=O) groups is 1. The van der Waals surface area contributed by atoms with Gasteiger partial charge in [-0.15, -0.1) is 11.3 Å². The predicted molar refractivity (Wildman–Crippen MR) is 92.9 cm³/mol. The molecule has 126 valence electrons. The topological polar surface area (TPSA) is 20.3 Å². The zero-order chi connectivity index (χ0) is 17.3. The molecule has 0 saturated heterocycles. The first-order valence-corrected chi connectivity index (χ1v) is 8.74. The fourth-order valence-electron chi connectivity index (χ4n) is 3.06. The highest BCUT2D eigenvalue weighted by molar-refractivity contribution is 7.16. The van der Waals surface area contributed by atoms with E-state index in [1.54, 1.807) is 4.90 Å². The van der Waals surface area contributed by atoms with Crippen molar-refractivity contribution in [3.63, 3.8) is 0 Å². The van der Waals surface area contributed by atoms with Gasteiger partial charge in [0.15, 0.2) is 0 Å². The van der Waals surface area contributed by atoms with Gasteiger partial charge in [-0.05, 0) is 35.8 Å². The number of carbonyl (C=O) groups excluding carboxylic acids is 1. The van der Waals surface area contributed by atoms with Crippen LogP contribution in [0.25, 0.3) is 0 Å². The first-order valence-electron chi connectivity index (χ1n) is 7.54. The van der Waals surface area contributed by atoms with Crippen molar-refractivity contribution in [3.05, 3.63) is 68.4 Å². The maximum atomic E-state index is 12.3. The largest absolute Gasteiger partial charge is 0.333 e. The number of halogens is 3. The minimum atomic E-state index is -2.63. The molecule has 1 aromatic heterocycles.